The maximum atomic E-state index is 12.2. The molecular formula is C17H21N3O. The van der Waals surface area contributed by atoms with Crippen molar-refractivity contribution in [3.05, 3.63) is 30.5 Å². The molecule has 1 aromatic heterocycles. The molecule has 2 aliphatic carbocycles. The summed E-state index contributed by atoms with van der Waals surface area (Å²) in [6.07, 6.45) is 8.28. The van der Waals surface area contributed by atoms with Gasteiger partial charge in [-0.25, -0.2) is 4.79 Å². The molecule has 4 heteroatoms. The van der Waals surface area contributed by atoms with Crippen molar-refractivity contribution in [1.82, 2.24) is 10.3 Å². The van der Waals surface area contributed by atoms with Crippen LogP contribution in [0.25, 0.3) is 10.9 Å². The number of fused-ring (bicyclic) bond motifs is 3. The highest BCUT2D eigenvalue weighted by Crippen LogP contribution is 2.41. The number of rotatable bonds is 2. The summed E-state index contributed by atoms with van der Waals surface area (Å²) in [5.41, 5.74) is 1.91. The summed E-state index contributed by atoms with van der Waals surface area (Å²) >= 11 is 0. The Balaban J connectivity index is 1.43. The Morgan fingerprint density at radius 1 is 1.10 bits per heavy atom. The Morgan fingerprint density at radius 3 is 2.71 bits per heavy atom. The van der Waals surface area contributed by atoms with Crippen LogP contribution in [0.5, 0.6) is 0 Å². The van der Waals surface area contributed by atoms with Crippen LogP contribution in [0.4, 0.5) is 10.5 Å². The monoisotopic (exact) mass is 283 g/mol. The Morgan fingerprint density at radius 2 is 1.90 bits per heavy atom. The van der Waals surface area contributed by atoms with Gasteiger partial charge in [-0.2, -0.15) is 0 Å². The van der Waals surface area contributed by atoms with Crippen LogP contribution < -0.4 is 10.6 Å². The van der Waals surface area contributed by atoms with Gasteiger partial charge in [0.2, 0.25) is 0 Å². The van der Waals surface area contributed by atoms with Crippen molar-refractivity contribution in [2.45, 2.75) is 38.1 Å². The number of anilines is 1. The normalized spacial score (nSPS) is 27.7. The topological polar surface area (TPSA) is 56.9 Å². The van der Waals surface area contributed by atoms with E-state index >= 15 is 0 Å². The molecule has 0 aliphatic heterocycles. The molecule has 0 saturated heterocycles. The molecule has 1 aromatic carbocycles. The van der Waals surface area contributed by atoms with Gasteiger partial charge in [0.15, 0.2) is 0 Å². The minimum atomic E-state index is -0.0741. The first-order valence-electron chi connectivity index (χ1n) is 7.91. The fourth-order valence-corrected chi connectivity index (χ4v) is 4.16. The van der Waals surface area contributed by atoms with E-state index in [4.69, 9.17) is 0 Å². The zero-order chi connectivity index (χ0) is 14.2. The van der Waals surface area contributed by atoms with Gasteiger partial charge in [-0.1, -0.05) is 18.9 Å². The van der Waals surface area contributed by atoms with Crippen molar-refractivity contribution in [1.29, 1.82) is 0 Å². The standard InChI is InChI=1S/C17H21N3O/c21-17(19-13-9-11-4-5-12(8-11)10-13)20-16-3-1-2-15-14(16)6-7-18-15/h1-3,6-7,11-13,18H,4-5,8-10H2,(H2,19,20,21). The van der Waals surface area contributed by atoms with Gasteiger partial charge in [0.25, 0.3) is 0 Å². The van der Waals surface area contributed by atoms with E-state index in [9.17, 15) is 4.79 Å². The minimum absolute atomic E-state index is 0.0741. The molecule has 2 unspecified atom stereocenters. The Bertz CT molecular complexity index is 651. The summed E-state index contributed by atoms with van der Waals surface area (Å²) in [6, 6.07) is 8.18. The predicted octanol–water partition coefficient (Wildman–Crippen LogP) is 3.87. The fourth-order valence-electron chi connectivity index (χ4n) is 4.16. The third-order valence-corrected chi connectivity index (χ3v) is 5.06. The molecule has 2 fully saturated rings. The van der Waals surface area contributed by atoms with E-state index < -0.39 is 0 Å². The largest absolute Gasteiger partial charge is 0.361 e. The van der Waals surface area contributed by atoms with E-state index in [0.29, 0.717) is 6.04 Å². The predicted molar refractivity (Wildman–Crippen MR) is 84.3 cm³/mol. The quantitative estimate of drug-likeness (QED) is 0.770. The molecule has 21 heavy (non-hydrogen) atoms. The molecule has 2 saturated carbocycles. The summed E-state index contributed by atoms with van der Waals surface area (Å²) in [5, 5.41) is 7.22. The van der Waals surface area contributed by atoms with Crippen LogP contribution >= 0.6 is 0 Å². The smallest absolute Gasteiger partial charge is 0.319 e. The number of aromatic amines is 1. The molecule has 1 heterocycles. The number of hydrogen-bond donors (Lipinski definition) is 3. The maximum Gasteiger partial charge on any atom is 0.319 e. The van der Waals surface area contributed by atoms with E-state index in [2.05, 4.69) is 15.6 Å². The third kappa shape index (κ3) is 2.50. The number of carbonyl (C=O) groups excluding carboxylic acids is 1. The fraction of sp³-hybridized carbons (Fsp3) is 0.471. The average molecular weight is 283 g/mol. The first kappa shape index (κ1) is 12.7. The Labute approximate surface area is 124 Å². The van der Waals surface area contributed by atoms with Crippen LogP contribution in [0.3, 0.4) is 0 Å². The molecule has 2 aliphatic rings. The summed E-state index contributed by atoms with van der Waals surface area (Å²) in [6.45, 7) is 0. The van der Waals surface area contributed by atoms with E-state index in [1.807, 2.05) is 30.5 Å². The van der Waals surface area contributed by atoms with Crippen LogP contribution in [0.15, 0.2) is 30.5 Å². The lowest BCUT2D eigenvalue weighted by molar-refractivity contribution is 0.235. The highest BCUT2D eigenvalue weighted by molar-refractivity contribution is 6.00. The van der Waals surface area contributed by atoms with Crippen LogP contribution in [0.1, 0.15) is 32.1 Å². The van der Waals surface area contributed by atoms with Crippen molar-refractivity contribution in [2.75, 3.05) is 5.32 Å². The van der Waals surface area contributed by atoms with Gasteiger partial charge in [0.05, 0.1) is 5.69 Å². The molecule has 2 bridgehead atoms. The molecule has 2 atom stereocenters. The molecule has 0 radical (unpaired) electrons. The van der Waals surface area contributed by atoms with Gasteiger partial charge in [-0.3, -0.25) is 0 Å². The molecule has 4 rings (SSSR count). The van der Waals surface area contributed by atoms with Crippen molar-refractivity contribution >= 4 is 22.6 Å². The number of hydrogen-bond acceptors (Lipinski definition) is 1. The number of aromatic nitrogens is 1. The van der Waals surface area contributed by atoms with Crippen molar-refractivity contribution < 1.29 is 4.79 Å². The minimum Gasteiger partial charge on any atom is -0.361 e. The lowest BCUT2D eigenvalue weighted by Gasteiger charge is -2.28. The van der Waals surface area contributed by atoms with Crippen molar-refractivity contribution in [3.8, 4) is 0 Å². The van der Waals surface area contributed by atoms with Gasteiger partial charge >= 0.3 is 6.03 Å². The number of H-pyrrole nitrogens is 1. The third-order valence-electron chi connectivity index (χ3n) is 5.06. The van der Waals surface area contributed by atoms with E-state index in [-0.39, 0.29) is 6.03 Å². The first-order chi connectivity index (χ1) is 10.3. The zero-order valence-electron chi connectivity index (χ0n) is 12.1. The van der Waals surface area contributed by atoms with Crippen LogP contribution in [-0.2, 0) is 0 Å². The molecule has 2 aromatic rings. The second-order valence-corrected chi connectivity index (χ2v) is 6.56. The number of carbonyl (C=O) groups is 1. The molecule has 3 N–H and O–H groups in total. The number of benzene rings is 1. The summed E-state index contributed by atoms with van der Waals surface area (Å²) < 4.78 is 0. The summed E-state index contributed by atoms with van der Waals surface area (Å²) in [4.78, 5) is 15.4. The number of amides is 2. The van der Waals surface area contributed by atoms with Gasteiger partial charge in [0.1, 0.15) is 0 Å². The SMILES string of the molecule is O=C(Nc1cccc2[nH]ccc12)NC1CC2CCC(C2)C1. The van der Waals surface area contributed by atoms with Crippen LogP contribution in [-0.4, -0.2) is 17.1 Å². The Kier molecular flexibility index (Phi) is 3.09. The Hall–Kier alpha value is -1.97. The second kappa shape index (κ2) is 5.10. The molecular weight excluding hydrogens is 262 g/mol. The number of nitrogens with one attached hydrogen (secondary N) is 3. The van der Waals surface area contributed by atoms with Gasteiger partial charge < -0.3 is 15.6 Å². The van der Waals surface area contributed by atoms with E-state index in [1.165, 1.54) is 19.3 Å². The van der Waals surface area contributed by atoms with Crippen molar-refractivity contribution in [2.24, 2.45) is 11.8 Å². The van der Waals surface area contributed by atoms with Crippen LogP contribution in [0, 0.1) is 11.8 Å². The zero-order valence-corrected chi connectivity index (χ0v) is 12.1. The first-order valence-corrected chi connectivity index (χ1v) is 7.91. The lowest BCUT2D eigenvalue weighted by Crippen LogP contribution is -2.41. The summed E-state index contributed by atoms with van der Waals surface area (Å²) in [5.74, 6) is 1.67. The highest BCUT2D eigenvalue weighted by atomic mass is 16.2. The molecule has 110 valence electrons. The maximum absolute atomic E-state index is 12.2. The van der Waals surface area contributed by atoms with Crippen LogP contribution in [0.2, 0.25) is 0 Å². The van der Waals surface area contributed by atoms with Gasteiger partial charge in [-0.05, 0) is 49.3 Å². The van der Waals surface area contributed by atoms with Crippen molar-refractivity contribution in [3.63, 3.8) is 0 Å². The average Bonchev–Trinajstić information content (AvgIpc) is 3.06. The number of urea groups is 1. The van der Waals surface area contributed by atoms with E-state index in [1.54, 1.807) is 0 Å². The molecule has 4 nitrogen and oxygen atoms in total. The summed E-state index contributed by atoms with van der Waals surface area (Å²) in [7, 11) is 0. The second-order valence-electron chi connectivity index (χ2n) is 6.56. The highest BCUT2D eigenvalue weighted by Gasteiger charge is 2.34. The van der Waals surface area contributed by atoms with Gasteiger partial charge in [0, 0.05) is 23.1 Å². The van der Waals surface area contributed by atoms with Gasteiger partial charge in [-0.15, -0.1) is 0 Å². The lowest BCUT2D eigenvalue weighted by atomic mass is 9.85. The molecule has 0 spiro atoms. The van der Waals surface area contributed by atoms with E-state index in [0.717, 1.165) is 41.3 Å². The molecule has 2 amide bonds.